The topological polar surface area (TPSA) is 67.7 Å². The molecule has 0 saturated heterocycles. The standard InChI is InChI=1S/C12H17N5/c1-12(2,3)15-11(16-13)9-8-14-17-7-5-4-6-10(9)17/h4-8H,13H2,1-3H3,(H,15,16). The minimum absolute atomic E-state index is 0.190. The van der Waals surface area contributed by atoms with Gasteiger partial charge in [-0.25, -0.2) is 10.4 Å². The molecule has 3 N–H and O–H groups in total. The highest BCUT2D eigenvalue weighted by Gasteiger charge is 2.14. The van der Waals surface area contributed by atoms with Gasteiger partial charge in [0.15, 0.2) is 0 Å². The molecule has 2 aromatic heterocycles. The maximum Gasteiger partial charge on any atom is 0.146 e. The van der Waals surface area contributed by atoms with E-state index in [1.165, 1.54) is 0 Å². The van der Waals surface area contributed by atoms with E-state index in [9.17, 15) is 0 Å². The molecule has 0 unspecified atom stereocenters. The van der Waals surface area contributed by atoms with Gasteiger partial charge in [-0.2, -0.15) is 5.10 Å². The van der Waals surface area contributed by atoms with Crippen LogP contribution in [0.2, 0.25) is 0 Å². The Hall–Kier alpha value is -1.88. The summed E-state index contributed by atoms with van der Waals surface area (Å²) in [5, 5.41) is 4.26. The number of aliphatic imine (C=N–C) groups is 1. The van der Waals surface area contributed by atoms with Gasteiger partial charge < -0.3 is 5.43 Å². The number of aromatic nitrogens is 2. The summed E-state index contributed by atoms with van der Waals surface area (Å²) in [4.78, 5) is 4.55. The predicted molar refractivity (Wildman–Crippen MR) is 68.8 cm³/mol. The van der Waals surface area contributed by atoms with Crippen LogP contribution >= 0.6 is 0 Å². The first-order valence-electron chi connectivity index (χ1n) is 5.50. The summed E-state index contributed by atoms with van der Waals surface area (Å²) >= 11 is 0. The summed E-state index contributed by atoms with van der Waals surface area (Å²) in [6.45, 7) is 6.07. The molecule has 0 spiro atoms. The largest absolute Gasteiger partial charge is 0.308 e. The summed E-state index contributed by atoms with van der Waals surface area (Å²) < 4.78 is 1.80. The normalized spacial score (nSPS) is 13.1. The molecule has 0 aliphatic heterocycles. The van der Waals surface area contributed by atoms with Gasteiger partial charge in [-0.1, -0.05) is 6.07 Å². The van der Waals surface area contributed by atoms with Crippen LogP contribution < -0.4 is 11.3 Å². The number of hydrogen-bond donors (Lipinski definition) is 2. The van der Waals surface area contributed by atoms with Gasteiger partial charge in [-0.05, 0) is 32.9 Å². The SMILES string of the molecule is CC(C)(C)N=C(NN)c1cnn2ccccc12. The highest BCUT2D eigenvalue weighted by molar-refractivity contribution is 6.04. The zero-order valence-corrected chi connectivity index (χ0v) is 10.3. The summed E-state index contributed by atoms with van der Waals surface area (Å²) in [6, 6.07) is 5.88. The molecule has 5 nitrogen and oxygen atoms in total. The minimum atomic E-state index is -0.190. The maximum absolute atomic E-state index is 5.54. The second-order valence-electron chi connectivity index (χ2n) is 4.86. The van der Waals surface area contributed by atoms with Gasteiger partial charge in [-0.3, -0.25) is 4.99 Å². The number of fused-ring (bicyclic) bond motifs is 1. The van der Waals surface area contributed by atoms with Crippen LogP contribution in [0.3, 0.4) is 0 Å². The van der Waals surface area contributed by atoms with Gasteiger partial charge in [0.1, 0.15) is 5.84 Å². The molecule has 2 heterocycles. The minimum Gasteiger partial charge on any atom is -0.308 e. The molecular weight excluding hydrogens is 214 g/mol. The van der Waals surface area contributed by atoms with E-state index in [0.29, 0.717) is 5.84 Å². The lowest BCUT2D eigenvalue weighted by atomic mass is 10.1. The third-order valence-corrected chi connectivity index (χ3v) is 2.27. The van der Waals surface area contributed by atoms with Crippen molar-refractivity contribution in [1.82, 2.24) is 15.0 Å². The van der Waals surface area contributed by atoms with Crippen molar-refractivity contribution in [3.63, 3.8) is 0 Å². The first-order valence-corrected chi connectivity index (χ1v) is 5.50. The van der Waals surface area contributed by atoms with Crippen LogP contribution in [0.1, 0.15) is 26.3 Å². The van der Waals surface area contributed by atoms with Gasteiger partial charge >= 0.3 is 0 Å². The van der Waals surface area contributed by atoms with Crippen molar-refractivity contribution in [1.29, 1.82) is 0 Å². The number of rotatable bonds is 1. The van der Waals surface area contributed by atoms with Crippen molar-refractivity contribution in [2.45, 2.75) is 26.3 Å². The van der Waals surface area contributed by atoms with Crippen molar-refractivity contribution in [2.24, 2.45) is 10.8 Å². The van der Waals surface area contributed by atoms with Crippen molar-refractivity contribution in [3.8, 4) is 0 Å². The number of hydrogen-bond acceptors (Lipinski definition) is 3. The van der Waals surface area contributed by atoms with E-state index < -0.39 is 0 Å². The fourth-order valence-corrected chi connectivity index (χ4v) is 1.62. The van der Waals surface area contributed by atoms with Crippen LogP contribution in [-0.2, 0) is 0 Å². The summed E-state index contributed by atoms with van der Waals surface area (Å²) in [7, 11) is 0. The second-order valence-corrected chi connectivity index (χ2v) is 4.86. The summed E-state index contributed by atoms with van der Waals surface area (Å²) in [5.74, 6) is 6.20. The summed E-state index contributed by atoms with van der Waals surface area (Å²) in [5.41, 5.74) is 4.35. The van der Waals surface area contributed by atoms with E-state index in [4.69, 9.17) is 5.84 Å². The average Bonchev–Trinajstić information content (AvgIpc) is 2.68. The number of hydrazine groups is 1. The maximum atomic E-state index is 5.54. The van der Waals surface area contributed by atoms with E-state index in [-0.39, 0.29) is 5.54 Å². The lowest BCUT2D eigenvalue weighted by Crippen LogP contribution is -2.33. The third kappa shape index (κ3) is 2.45. The number of nitrogens with one attached hydrogen (secondary N) is 1. The third-order valence-electron chi connectivity index (χ3n) is 2.27. The Kier molecular flexibility index (Phi) is 2.85. The first kappa shape index (κ1) is 11.6. The van der Waals surface area contributed by atoms with Crippen LogP contribution in [0.15, 0.2) is 35.6 Å². The molecule has 0 aliphatic carbocycles. The Morgan fingerprint density at radius 2 is 2.18 bits per heavy atom. The molecule has 2 aromatic rings. The molecule has 0 bridgehead atoms. The molecule has 0 radical (unpaired) electrons. The molecule has 0 fully saturated rings. The van der Waals surface area contributed by atoms with E-state index >= 15 is 0 Å². The molecule has 17 heavy (non-hydrogen) atoms. The Morgan fingerprint density at radius 1 is 1.41 bits per heavy atom. The first-order chi connectivity index (χ1) is 8.01. The number of pyridine rings is 1. The quantitative estimate of drug-likeness (QED) is 0.337. The molecule has 2 rings (SSSR count). The fraction of sp³-hybridized carbons (Fsp3) is 0.333. The molecule has 0 saturated carbocycles. The Bertz CT molecular complexity index is 547. The van der Waals surface area contributed by atoms with E-state index in [1.54, 1.807) is 10.7 Å². The number of nitrogens with zero attached hydrogens (tertiary/aromatic N) is 3. The molecule has 0 aliphatic rings. The highest BCUT2D eigenvalue weighted by atomic mass is 15.3. The van der Waals surface area contributed by atoms with Gasteiger partial charge in [0.25, 0.3) is 0 Å². The van der Waals surface area contributed by atoms with Crippen molar-refractivity contribution in [2.75, 3.05) is 0 Å². The lowest BCUT2D eigenvalue weighted by molar-refractivity contribution is 0.580. The Labute approximate surface area is 100 Å². The second kappa shape index (κ2) is 4.18. The lowest BCUT2D eigenvalue weighted by Gasteiger charge is -2.15. The van der Waals surface area contributed by atoms with Crippen molar-refractivity contribution >= 4 is 11.4 Å². The molecule has 90 valence electrons. The predicted octanol–water partition coefficient (Wildman–Crippen LogP) is 1.34. The average molecular weight is 231 g/mol. The summed E-state index contributed by atoms with van der Waals surface area (Å²) in [6.07, 6.45) is 3.66. The molecule has 5 heteroatoms. The van der Waals surface area contributed by atoms with Crippen LogP contribution in [0.4, 0.5) is 0 Å². The van der Waals surface area contributed by atoms with E-state index in [0.717, 1.165) is 11.1 Å². The van der Waals surface area contributed by atoms with Crippen molar-refractivity contribution in [3.05, 3.63) is 36.2 Å². The molecule has 0 atom stereocenters. The highest BCUT2D eigenvalue weighted by Crippen LogP contribution is 2.13. The van der Waals surface area contributed by atoms with Crippen molar-refractivity contribution < 1.29 is 0 Å². The van der Waals surface area contributed by atoms with E-state index in [1.807, 2.05) is 45.2 Å². The van der Waals surface area contributed by atoms with Gasteiger partial charge in [0.05, 0.1) is 22.8 Å². The van der Waals surface area contributed by atoms with Crippen LogP contribution in [0, 0.1) is 0 Å². The molecule has 0 aromatic carbocycles. The number of nitrogens with two attached hydrogens (primary N) is 1. The fourth-order valence-electron chi connectivity index (χ4n) is 1.62. The van der Waals surface area contributed by atoms with E-state index in [2.05, 4.69) is 15.5 Å². The zero-order valence-electron chi connectivity index (χ0n) is 10.3. The van der Waals surface area contributed by atoms with Gasteiger partial charge in [0, 0.05) is 6.20 Å². The van der Waals surface area contributed by atoms with Crippen LogP contribution in [0.25, 0.3) is 5.52 Å². The molecule has 0 amide bonds. The Balaban J connectivity index is 2.55. The monoisotopic (exact) mass is 231 g/mol. The molecular formula is C12H17N5. The van der Waals surface area contributed by atoms with Gasteiger partial charge in [0.2, 0.25) is 0 Å². The zero-order chi connectivity index (χ0) is 12.5. The Morgan fingerprint density at radius 3 is 2.82 bits per heavy atom. The smallest absolute Gasteiger partial charge is 0.146 e. The number of amidine groups is 1. The van der Waals surface area contributed by atoms with Gasteiger partial charge in [-0.15, -0.1) is 0 Å². The van der Waals surface area contributed by atoms with Crippen LogP contribution in [0.5, 0.6) is 0 Å². The van der Waals surface area contributed by atoms with Crippen LogP contribution in [-0.4, -0.2) is 21.0 Å².